The third-order valence-electron chi connectivity index (χ3n) is 4.62. The summed E-state index contributed by atoms with van der Waals surface area (Å²) in [6.07, 6.45) is 8.97. The van der Waals surface area contributed by atoms with Crippen LogP contribution in [0.15, 0.2) is 35.2 Å². The van der Waals surface area contributed by atoms with Crippen LogP contribution in [0.1, 0.15) is 47.5 Å². The highest BCUT2D eigenvalue weighted by Crippen LogP contribution is 2.36. The fraction of sp³-hybridized carbons (Fsp3) is 0.684. The average molecular weight is 356 g/mol. The van der Waals surface area contributed by atoms with E-state index in [0.29, 0.717) is 0 Å². The van der Waals surface area contributed by atoms with Crippen molar-refractivity contribution in [1.29, 1.82) is 0 Å². The SMILES string of the molecule is C\C(=C/C=C(\C=C\O)SCC(C)(C)C(C)(C)O)OC1CCNCC1. The predicted molar refractivity (Wildman–Crippen MR) is 103 cm³/mol. The van der Waals surface area contributed by atoms with Crippen LogP contribution in [0.3, 0.4) is 0 Å². The second-order valence-electron chi connectivity index (χ2n) is 7.46. The summed E-state index contributed by atoms with van der Waals surface area (Å²) < 4.78 is 5.96. The number of aliphatic hydroxyl groups excluding tert-OH is 1. The molecule has 138 valence electrons. The molecule has 1 heterocycles. The maximum absolute atomic E-state index is 10.3. The smallest absolute Gasteiger partial charge is 0.101 e. The van der Waals surface area contributed by atoms with Gasteiger partial charge in [-0.3, -0.25) is 0 Å². The van der Waals surface area contributed by atoms with Crippen molar-refractivity contribution in [3.63, 3.8) is 0 Å². The van der Waals surface area contributed by atoms with Crippen LogP contribution in [0.2, 0.25) is 0 Å². The fourth-order valence-electron chi connectivity index (χ4n) is 2.08. The van der Waals surface area contributed by atoms with Crippen molar-refractivity contribution >= 4 is 11.8 Å². The minimum atomic E-state index is -0.766. The number of allylic oxidation sites excluding steroid dienone is 4. The van der Waals surface area contributed by atoms with E-state index in [9.17, 15) is 5.11 Å². The Morgan fingerprint density at radius 1 is 1.21 bits per heavy atom. The fourth-order valence-corrected chi connectivity index (χ4v) is 3.28. The molecule has 0 radical (unpaired) electrons. The van der Waals surface area contributed by atoms with Crippen LogP contribution in [-0.4, -0.2) is 40.8 Å². The highest BCUT2D eigenvalue weighted by molar-refractivity contribution is 8.03. The quantitative estimate of drug-likeness (QED) is 0.451. The molecule has 0 aromatic carbocycles. The van der Waals surface area contributed by atoms with E-state index < -0.39 is 5.60 Å². The van der Waals surface area contributed by atoms with Crippen LogP contribution in [0, 0.1) is 5.41 Å². The molecule has 0 unspecified atom stereocenters. The molecule has 0 aliphatic carbocycles. The third kappa shape index (κ3) is 7.32. The molecule has 0 aromatic heterocycles. The summed E-state index contributed by atoms with van der Waals surface area (Å²) in [5, 5.41) is 22.7. The topological polar surface area (TPSA) is 61.7 Å². The van der Waals surface area contributed by atoms with Gasteiger partial charge in [0, 0.05) is 16.1 Å². The molecule has 0 amide bonds. The van der Waals surface area contributed by atoms with Crippen molar-refractivity contribution in [2.24, 2.45) is 5.41 Å². The van der Waals surface area contributed by atoms with Crippen molar-refractivity contribution in [1.82, 2.24) is 5.32 Å². The van der Waals surface area contributed by atoms with Gasteiger partial charge in [-0.25, -0.2) is 0 Å². The number of aliphatic hydroxyl groups is 2. The van der Waals surface area contributed by atoms with Crippen LogP contribution in [0.4, 0.5) is 0 Å². The van der Waals surface area contributed by atoms with Crippen LogP contribution in [-0.2, 0) is 4.74 Å². The Balaban J connectivity index is 2.65. The summed E-state index contributed by atoms with van der Waals surface area (Å²) in [4.78, 5) is 0.933. The van der Waals surface area contributed by atoms with Gasteiger partial charge in [0.25, 0.3) is 0 Å². The summed E-state index contributed by atoms with van der Waals surface area (Å²) in [5.74, 6) is 1.63. The Kier molecular flexibility index (Phi) is 8.40. The lowest BCUT2D eigenvalue weighted by Crippen LogP contribution is -2.40. The Labute approximate surface area is 151 Å². The summed E-state index contributed by atoms with van der Waals surface area (Å²) in [7, 11) is 0. The number of hydrogen-bond donors (Lipinski definition) is 3. The van der Waals surface area contributed by atoms with Gasteiger partial charge in [0.1, 0.15) is 6.10 Å². The van der Waals surface area contributed by atoms with E-state index in [1.54, 1.807) is 17.8 Å². The van der Waals surface area contributed by atoms with Crippen LogP contribution < -0.4 is 5.32 Å². The zero-order valence-corrected chi connectivity index (χ0v) is 16.4. The zero-order chi connectivity index (χ0) is 18.2. The molecule has 1 aliphatic heterocycles. The van der Waals surface area contributed by atoms with Gasteiger partial charge in [-0.1, -0.05) is 13.8 Å². The molecule has 0 aromatic rings. The molecular formula is C19H33NO3S. The van der Waals surface area contributed by atoms with Crippen LogP contribution in [0.25, 0.3) is 0 Å². The molecule has 1 fully saturated rings. The van der Waals surface area contributed by atoms with E-state index in [0.717, 1.165) is 48.6 Å². The largest absolute Gasteiger partial charge is 0.516 e. The zero-order valence-electron chi connectivity index (χ0n) is 15.6. The van der Waals surface area contributed by atoms with E-state index in [2.05, 4.69) is 5.32 Å². The molecular weight excluding hydrogens is 322 g/mol. The second-order valence-corrected chi connectivity index (χ2v) is 8.51. The first-order valence-corrected chi connectivity index (χ1v) is 9.56. The lowest BCUT2D eigenvalue weighted by Gasteiger charge is -2.37. The van der Waals surface area contributed by atoms with Gasteiger partial charge in [0.15, 0.2) is 0 Å². The summed E-state index contributed by atoms with van der Waals surface area (Å²) in [5.41, 5.74) is -1.01. The predicted octanol–water partition coefficient (Wildman–Crippen LogP) is 4.14. The molecule has 1 rings (SSSR count). The number of nitrogens with one attached hydrogen (secondary N) is 1. The minimum Gasteiger partial charge on any atom is -0.516 e. The minimum absolute atomic E-state index is 0.246. The summed E-state index contributed by atoms with van der Waals surface area (Å²) in [6.45, 7) is 11.7. The molecule has 1 saturated heterocycles. The molecule has 24 heavy (non-hydrogen) atoms. The Morgan fingerprint density at radius 3 is 2.38 bits per heavy atom. The lowest BCUT2D eigenvalue weighted by molar-refractivity contribution is -0.0209. The molecule has 0 saturated carbocycles. The number of hydrogen-bond acceptors (Lipinski definition) is 5. The summed E-state index contributed by atoms with van der Waals surface area (Å²) >= 11 is 1.61. The van der Waals surface area contributed by atoms with Crippen molar-refractivity contribution in [3.05, 3.63) is 35.2 Å². The van der Waals surface area contributed by atoms with Gasteiger partial charge in [0.05, 0.1) is 17.6 Å². The van der Waals surface area contributed by atoms with E-state index in [-0.39, 0.29) is 11.5 Å². The van der Waals surface area contributed by atoms with E-state index in [1.165, 1.54) is 0 Å². The first kappa shape index (κ1) is 21.1. The molecule has 0 atom stereocenters. The van der Waals surface area contributed by atoms with Gasteiger partial charge in [0.2, 0.25) is 0 Å². The number of rotatable bonds is 8. The Hall–Kier alpha value is -0.910. The molecule has 0 bridgehead atoms. The van der Waals surface area contributed by atoms with Crippen LogP contribution in [0.5, 0.6) is 0 Å². The van der Waals surface area contributed by atoms with E-state index >= 15 is 0 Å². The summed E-state index contributed by atoms with van der Waals surface area (Å²) in [6, 6.07) is 0. The molecule has 5 heteroatoms. The van der Waals surface area contributed by atoms with Gasteiger partial charge in [-0.05, 0) is 64.9 Å². The van der Waals surface area contributed by atoms with Gasteiger partial charge < -0.3 is 20.3 Å². The Bertz CT molecular complexity index is 469. The highest BCUT2D eigenvalue weighted by Gasteiger charge is 2.34. The standard InChI is InChI=1S/C19H33NO3S/c1-15(23-16-8-11-20-12-9-16)6-7-17(10-13-21)24-14-18(2,3)19(4,5)22/h6-7,10,13,16,20-22H,8-9,11-12,14H2,1-5H3/b13-10+,15-6+,17-7+. The molecule has 4 nitrogen and oxygen atoms in total. The van der Waals surface area contributed by atoms with Crippen molar-refractivity contribution < 1.29 is 14.9 Å². The normalized spacial score (nSPS) is 19.1. The first-order valence-electron chi connectivity index (χ1n) is 8.57. The maximum atomic E-state index is 10.3. The molecule has 1 aliphatic rings. The molecule has 0 spiro atoms. The first-order chi connectivity index (χ1) is 11.2. The van der Waals surface area contributed by atoms with E-state index in [1.807, 2.05) is 46.8 Å². The third-order valence-corrected chi connectivity index (χ3v) is 6.09. The van der Waals surface area contributed by atoms with Crippen molar-refractivity contribution in [2.75, 3.05) is 18.8 Å². The highest BCUT2D eigenvalue weighted by atomic mass is 32.2. The van der Waals surface area contributed by atoms with Gasteiger partial charge in [-0.2, -0.15) is 0 Å². The number of ether oxygens (including phenoxy) is 1. The van der Waals surface area contributed by atoms with Crippen LogP contribution >= 0.6 is 11.8 Å². The van der Waals surface area contributed by atoms with Gasteiger partial charge >= 0.3 is 0 Å². The lowest BCUT2D eigenvalue weighted by atomic mass is 9.79. The average Bonchev–Trinajstić information content (AvgIpc) is 2.50. The van der Waals surface area contributed by atoms with Gasteiger partial charge in [-0.15, -0.1) is 11.8 Å². The monoisotopic (exact) mass is 355 g/mol. The molecule has 3 N–H and O–H groups in total. The second kappa shape index (κ2) is 9.54. The Morgan fingerprint density at radius 2 is 1.83 bits per heavy atom. The van der Waals surface area contributed by atoms with Crippen molar-refractivity contribution in [2.45, 2.75) is 59.2 Å². The van der Waals surface area contributed by atoms with Crippen molar-refractivity contribution in [3.8, 4) is 0 Å². The number of thioether (sulfide) groups is 1. The van der Waals surface area contributed by atoms with E-state index in [4.69, 9.17) is 9.84 Å². The number of piperidine rings is 1. The maximum Gasteiger partial charge on any atom is 0.101 e.